The second-order valence-corrected chi connectivity index (χ2v) is 7.99. The number of benzene rings is 2. The van der Waals surface area contributed by atoms with Crippen LogP contribution in [0.1, 0.15) is 64.4 Å². The number of aryl methyl sites for hydroxylation is 1. The lowest BCUT2D eigenvalue weighted by molar-refractivity contribution is 0.0330. The number of halogens is 1. The molecule has 0 radical (unpaired) electrons. The van der Waals surface area contributed by atoms with Gasteiger partial charge in [-0.1, -0.05) is 57.4 Å². The van der Waals surface area contributed by atoms with Crippen LogP contribution in [0.4, 0.5) is 9.18 Å². The van der Waals surface area contributed by atoms with Gasteiger partial charge in [0.15, 0.2) is 0 Å². The number of hydrogen-bond donors (Lipinski definition) is 0. The summed E-state index contributed by atoms with van der Waals surface area (Å²) in [5.41, 5.74) is 2.29. The van der Waals surface area contributed by atoms with Gasteiger partial charge >= 0.3 is 6.16 Å². The Hall–Kier alpha value is -2.36. The number of hydrogen-bond acceptors (Lipinski definition) is 3. The van der Waals surface area contributed by atoms with Crippen LogP contribution >= 0.6 is 0 Å². The fourth-order valence-corrected chi connectivity index (χ4v) is 4.14. The number of carbonyl (C=O) groups is 1. The van der Waals surface area contributed by atoms with Gasteiger partial charge in [0.25, 0.3) is 0 Å². The van der Waals surface area contributed by atoms with Crippen LogP contribution in [-0.2, 0) is 11.2 Å². The van der Waals surface area contributed by atoms with Gasteiger partial charge in [0, 0.05) is 5.56 Å². The standard InChI is InChI=1S/C25H31FO3/c1-3-5-18-7-12-21(13-8-18)28-25(27)29-22-14-10-20(11-15-22)23-16-9-19(6-4-2)17-24(23)26/h9-11,14-18,21H,3-8,12-13H2,1-2H3. The molecule has 2 aromatic rings. The van der Waals surface area contributed by atoms with Gasteiger partial charge in [-0.25, -0.2) is 9.18 Å². The average molecular weight is 399 g/mol. The third-order valence-electron chi connectivity index (χ3n) is 5.69. The zero-order chi connectivity index (χ0) is 20.6. The van der Waals surface area contributed by atoms with E-state index in [9.17, 15) is 9.18 Å². The largest absolute Gasteiger partial charge is 0.514 e. The van der Waals surface area contributed by atoms with E-state index in [0.717, 1.165) is 55.6 Å². The van der Waals surface area contributed by atoms with Crippen LogP contribution in [0.25, 0.3) is 11.1 Å². The highest BCUT2D eigenvalue weighted by molar-refractivity contribution is 5.67. The van der Waals surface area contributed by atoms with Crippen molar-refractivity contribution in [2.45, 2.75) is 71.3 Å². The van der Waals surface area contributed by atoms with Crippen LogP contribution in [0.5, 0.6) is 5.75 Å². The monoisotopic (exact) mass is 398 g/mol. The molecule has 1 fully saturated rings. The first kappa shape index (κ1) is 21.4. The Bertz CT molecular complexity index is 792. The normalized spacial score (nSPS) is 19.0. The summed E-state index contributed by atoms with van der Waals surface area (Å²) in [5.74, 6) is 0.934. The van der Waals surface area contributed by atoms with Gasteiger partial charge in [0.05, 0.1) is 0 Å². The third kappa shape index (κ3) is 6.06. The molecule has 0 unspecified atom stereocenters. The molecule has 0 heterocycles. The Morgan fingerprint density at radius 1 is 1.00 bits per heavy atom. The van der Waals surface area contributed by atoms with Gasteiger partial charge < -0.3 is 9.47 Å². The SMILES string of the molecule is CCCc1ccc(-c2ccc(OC(=O)OC3CCC(CCC)CC3)cc2)c(F)c1. The second kappa shape index (κ2) is 10.4. The van der Waals surface area contributed by atoms with E-state index in [0.29, 0.717) is 11.3 Å². The predicted molar refractivity (Wildman–Crippen MR) is 114 cm³/mol. The number of carbonyl (C=O) groups excluding carboxylic acids is 1. The van der Waals surface area contributed by atoms with Crippen molar-refractivity contribution in [3.05, 3.63) is 53.8 Å². The highest BCUT2D eigenvalue weighted by Gasteiger charge is 2.24. The van der Waals surface area contributed by atoms with Crippen LogP contribution in [0.3, 0.4) is 0 Å². The highest BCUT2D eigenvalue weighted by Crippen LogP contribution is 2.30. The molecule has 0 N–H and O–H groups in total. The van der Waals surface area contributed by atoms with Crippen molar-refractivity contribution < 1.29 is 18.7 Å². The van der Waals surface area contributed by atoms with Crippen LogP contribution in [0, 0.1) is 11.7 Å². The summed E-state index contributed by atoms with van der Waals surface area (Å²) in [4.78, 5) is 12.1. The van der Waals surface area contributed by atoms with Crippen LogP contribution in [-0.4, -0.2) is 12.3 Å². The smallest absolute Gasteiger partial charge is 0.431 e. The Labute approximate surface area is 173 Å². The Kier molecular flexibility index (Phi) is 7.68. The fourth-order valence-electron chi connectivity index (χ4n) is 4.14. The van der Waals surface area contributed by atoms with Crippen molar-refractivity contribution in [2.24, 2.45) is 5.92 Å². The lowest BCUT2D eigenvalue weighted by atomic mass is 9.85. The van der Waals surface area contributed by atoms with Crippen molar-refractivity contribution in [1.29, 1.82) is 0 Å². The molecule has 0 atom stereocenters. The highest BCUT2D eigenvalue weighted by atomic mass is 19.1. The maximum absolute atomic E-state index is 14.4. The van der Waals surface area contributed by atoms with E-state index >= 15 is 0 Å². The zero-order valence-electron chi connectivity index (χ0n) is 17.5. The number of ether oxygens (including phenoxy) is 2. The van der Waals surface area contributed by atoms with Gasteiger partial charge in [0.2, 0.25) is 0 Å². The van der Waals surface area contributed by atoms with E-state index in [4.69, 9.17) is 9.47 Å². The minimum atomic E-state index is -0.660. The molecule has 1 aliphatic carbocycles. The molecule has 0 bridgehead atoms. The van der Waals surface area contributed by atoms with Crippen LogP contribution < -0.4 is 4.74 Å². The maximum Gasteiger partial charge on any atom is 0.514 e. The summed E-state index contributed by atoms with van der Waals surface area (Å²) in [6, 6.07) is 12.2. The summed E-state index contributed by atoms with van der Waals surface area (Å²) in [5, 5.41) is 0. The predicted octanol–water partition coefficient (Wildman–Crippen LogP) is 7.32. The van der Waals surface area contributed by atoms with E-state index in [2.05, 4.69) is 13.8 Å². The molecule has 1 saturated carbocycles. The van der Waals surface area contributed by atoms with E-state index < -0.39 is 6.16 Å². The fraction of sp³-hybridized carbons (Fsp3) is 0.480. The summed E-state index contributed by atoms with van der Waals surface area (Å²) in [6.45, 7) is 4.29. The van der Waals surface area contributed by atoms with Crippen LogP contribution in [0.15, 0.2) is 42.5 Å². The Balaban J connectivity index is 1.53. The molecule has 4 heteroatoms. The Morgan fingerprint density at radius 2 is 1.72 bits per heavy atom. The molecule has 1 aliphatic rings. The van der Waals surface area contributed by atoms with Gasteiger partial charge in [0.1, 0.15) is 17.7 Å². The summed E-state index contributed by atoms with van der Waals surface area (Å²) in [6.07, 6.45) is 7.65. The van der Waals surface area contributed by atoms with E-state index in [-0.39, 0.29) is 11.9 Å². The quantitative estimate of drug-likeness (QED) is 0.362. The van der Waals surface area contributed by atoms with Crippen LogP contribution in [0.2, 0.25) is 0 Å². The molecule has 3 nitrogen and oxygen atoms in total. The third-order valence-corrected chi connectivity index (χ3v) is 5.69. The minimum absolute atomic E-state index is 0.0504. The summed E-state index contributed by atoms with van der Waals surface area (Å²) in [7, 11) is 0. The second-order valence-electron chi connectivity index (χ2n) is 7.99. The van der Waals surface area contributed by atoms with Crippen molar-refractivity contribution in [2.75, 3.05) is 0 Å². The summed E-state index contributed by atoms with van der Waals surface area (Å²) >= 11 is 0. The Morgan fingerprint density at radius 3 is 2.34 bits per heavy atom. The van der Waals surface area contributed by atoms with Crippen molar-refractivity contribution in [3.63, 3.8) is 0 Å². The molecule has 2 aromatic carbocycles. The first-order chi connectivity index (χ1) is 14.1. The van der Waals surface area contributed by atoms with Gasteiger partial charge in [-0.2, -0.15) is 0 Å². The topological polar surface area (TPSA) is 35.5 Å². The molecule has 156 valence electrons. The molecular weight excluding hydrogens is 367 g/mol. The maximum atomic E-state index is 14.4. The van der Waals surface area contributed by atoms with Crippen molar-refractivity contribution >= 4 is 6.16 Å². The molecule has 3 rings (SSSR count). The molecule has 29 heavy (non-hydrogen) atoms. The molecule has 0 saturated heterocycles. The molecule has 0 spiro atoms. The lowest BCUT2D eigenvalue weighted by Gasteiger charge is -2.27. The minimum Gasteiger partial charge on any atom is -0.431 e. The van der Waals surface area contributed by atoms with Gasteiger partial charge in [-0.3, -0.25) is 0 Å². The van der Waals surface area contributed by atoms with E-state index in [1.165, 1.54) is 12.8 Å². The molecule has 0 amide bonds. The van der Waals surface area contributed by atoms with Crippen molar-refractivity contribution in [1.82, 2.24) is 0 Å². The molecular formula is C25H31FO3. The van der Waals surface area contributed by atoms with E-state index in [1.54, 1.807) is 36.4 Å². The van der Waals surface area contributed by atoms with Gasteiger partial charge in [-0.15, -0.1) is 0 Å². The lowest BCUT2D eigenvalue weighted by Crippen LogP contribution is -2.26. The first-order valence-corrected chi connectivity index (χ1v) is 10.9. The van der Waals surface area contributed by atoms with Gasteiger partial charge in [-0.05, 0) is 67.3 Å². The zero-order valence-corrected chi connectivity index (χ0v) is 17.5. The van der Waals surface area contributed by atoms with E-state index in [1.807, 2.05) is 6.07 Å². The average Bonchev–Trinajstić information content (AvgIpc) is 2.71. The number of rotatable bonds is 7. The van der Waals surface area contributed by atoms with Crippen molar-refractivity contribution in [3.8, 4) is 16.9 Å². The first-order valence-electron chi connectivity index (χ1n) is 10.9. The molecule has 0 aromatic heterocycles. The summed E-state index contributed by atoms with van der Waals surface area (Å²) < 4.78 is 25.2. The molecule has 0 aliphatic heterocycles.